The molecular formula is C7H12N2O2S. The molecule has 2 N–H and O–H groups in total. The van der Waals surface area contributed by atoms with Crippen molar-refractivity contribution in [2.24, 2.45) is 5.73 Å². The second kappa shape index (κ2) is 5.08. The molecule has 0 radical (unpaired) electrons. The molecule has 0 bridgehead atoms. The van der Waals surface area contributed by atoms with Crippen LogP contribution in [-0.4, -0.2) is 24.3 Å². The molecule has 0 atom stereocenters. The van der Waals surface area contributed by atoms with Crippen molar-refractivity contribution in [3.63, 3.8) is 0 Å². The maximum atomic E-state index is 11.0. The molecule has 0 fully saturated rings. The summed E-state index contributed by atoms with van der Waals surface area (Å²) in [5, 5.41) is 1.77. The van der Waals surface area contributed by atoms with Crippen LogP contribution in [-0.2, 0) is 11.3 Å². The fourth-order valence-corrected chi connectivity index (χ4v) is 1.42. The van der Waals surface area contributed by atoms with E-state index in [-0.39, 0.29) is 4.87 Å². The van der Waals surface area contributed by atoms with Gasteiger partial charge in [0.25, 0.3) is 0 Å². The predicted octanol–water partition coefficient (Wildman–Crippen LogP) is -0.115. The predicted molar refractivity (Wildman–Crippen MR) is 48.5 cm³/mol. The first kappa shape index (κ1) is 9.44. The third-order valence-corrected chi connectivity index (χ3v) is 2.08. The molecule has 12 heavy (non-hydrogen) atoms. The molecule has 4 nitrogen and oxygen atoms in total. The summed E-state index contributed by atoms with van der Waals surface area (Å²) in [6.45, 7) is 2.24. The SMILES string of the molecule is NCCOCCn1ccsc1=O. The van der Waals surface area contributed by atoms with Gasteiger partial charge in [0.15, 0.2) is 0 Å². The Hall–Kier alpha value is -0.650. The van der Waals surface area contributed by atoms with Gasteiger partial charge in [0.2, 0.25) is 0 Å². The second-order valence-electron chi connectivity index (χ2n) is 2.26. The highest BCUT2D eigenvalue weighted by Gasteiger charge is 1.94. The maximum Gasteiger partial charge on any atom is 0.307 e. The highest BCUT2D eigenvalue weighted by Crippen LogP contribution is 1.88. The van der Waals surface area contributed by atoms with E-state index < -0.39 is 0 Å². The first-order valence-corrected chi connectivity index (χ1v) is 4.64. The van der Waals surface area contributed by atoms with Crippen LogP contribution in [0.2, 0.25) is 0 Å². The van der Waals surface area contributed by atoms with Crippen LogP contribution in [0, 0.1) is 0 Å². The van der Waals surface area contributed by atoms with Gasteiger partial charge in [0, 0.05) is 24.7 Å². The van der Waals surface area contributed by atoms with E-state index in [2.05, 4.69) is 0 Å². The highest BCUT2D eigenvalue weighted by molar-refractivity contribution is 7.07. The number of nitrogens with zero attached hydrogens (tertiary/aromatic N) is 1. The Balaban J connectivity index is 2.24. The molecule has 0 aliphatic rings. The lowest BCUT2D eigenvalue weighted by Crippen LogP contribution is -2.17. The molecule has 1 aromatic rings. The number of rotatable bonds is 5. The van der Waals surface area contributed by atoms with Crippen LogP contribution in [0.15, 0.2) is 16.4 Å². The van der Waals surface area contributed by atoms with Crippen molar-refractivity contribution in [2.75, 3.05) is 19.8 Å². The Labute approximate surface area is 74.6 Å². The molecule has 0 aromatic carbocycles. The molecule has 0 aliphatic carbocycles. The van der Waals surface area contributed by atoms with E-state index >= 15 is 0 Å². The van der Waals surface area contributed by atoms with Crippen LogP contribution < -0.4 is 10.6 Å². The van der Waals surface area contributed by atoms with Crippen LogP contribution in [0.1, 0.15) is 0 Å². The van der Waals surface area contributed by atoms with Gasteiger partial charge in [-0.2, -0.15) is 0 Å². The van der Waals surface area contributed by atoms with Gasteiger partial charge in [0.1, 0.15) is 0 Å². The van der Waals surface area contributed by atoms with Gasteiger partial charge in [-0.25, -0.2) is 0 Å². The van der Waals surface area contributed by atoms with Gasteiger partial charge >= 0.3 is 4.87 Å². The van der Waals surface area contributed by atoms with E-state index in [4.69, 9.17) is 10.5 Å². The third kappa shape index (κ3) is 2.77. The van der Waals surface area contributed by atoms with Crippen LogP contribution in [0.5, 0.6) is 0 Å². The zero-order chi connectivity index (χ0) is 8.81. The van der Waals surface area contributed by atoms with Gasteiger partial charge in [-0.05, 0) is 0 Å². The number of nitrogens with two attached hydrogens (primary N) is 1. The first-order chi connectivity index (χ1) is 5.84. The van der Waals surface area contributed by atoms with Crippen molar-refractivity contribution in [3.8, 4) is 0 Å². The minimum absolute atomic E-state index is 0.0614. The van der Waals surface area contributed by atoms with Crippen LogP contribution in [0.3, 0.4) is 0 Å². The van der Waals surface area contributed by atoms with Crippen molar-refractivity contribution in [2.45, 2.75) is 6.54 Å². The van der Waals surface area contributed by atoms with E-state index in [9.17, 15) is 4.79 Å². The zero-order valence-corrected chi connectivity index (χ0v) is 7.55. The topological polar surface area (TPSA) is 57.2 Å². The summed E-state index contributed by atoms with van der Waals surface area (Å²) in [5.41, 5.74) is 5.23. The summed E-state index contributed by atoms with van der Waals surface area (Å²) < 4.78 is 6.76. The van der Waals surface area contributed by atoms with Gasteiger partial charge in [-0.1, -0.05) is 11.3 Å². The number of hydrogen-bond acceptors (Lipinski definition) is 4. The molecule has 0 saturated heterocycles. The van der Waals surface area contributed by atoms with Crippen LogP contribution in [0.4, 0.5) is 0 Å². The van der Waals surface area contributed by atoms with E-state index in [1.807, 2.05) is 0 Å². The van der Waals surface area contributed by atoms with Crippen molar-refractivity contribution >= 4 is 11.3 Å². The number of hydrogen-bond donors (Lipinski definition) is 1. The van der Waals surface area contributed by atoms with Crippen LogP contribution >= 0.6 is 11.3 Å². The smallest absolute Gasteiger partial charge is 0.307 e. The van der Waals surface area contributed by atoms with Gasteiger partial charge in [-0.15, -0.1) is 0 Å². The summed E-state index contributed by atoms with van der Waals surface area (Å²) in [6, 6.07) is 0. The van der Waals surface area contributed by atoms with Gasteiger partial charge < -0.3 is 15.0 Å². The Bertz CT molecular complexity index is 268. The van der Waals surface area contributed by atoms with Crippen molar-refractivity contribution < 1.29 is 4.74 Å². The Morgan fingerprint density at radius 2 is 2.42 bits per heavy atom. The summed E-state index contributed by atoms with van der Waals surface area (Å²) in [7, 11) is 0. The molecule has 5 heteroatoms. The minimum atomic E-state index is 0.0614. The summed E-state index contributed by atoms with van der Waals surface area (Å²) in [6.07, 6.45) is 1.76. The number of aromatic nitrogens is 1. The maximum absolute atomic E-state index is 11.0. The summed E-state index contributed by atoms with van der Waals surface area (Å²) in [4.78, 5) is 11.0. The van der Waals surface area contributed by atoms with E-state index in [0.717, 1.165) is 0 Å². The number of thiazole rings is 1. The van der Waals surface area contributed by atoms with Crippen LogP contribution in [0.25, 0.3) is 0 Å². The quantitative estimate of drug-likeness (QED) is 0.656. The monoisotopic (exact) mass is 188 g/mol. The average molecular weight is 188 g/mol. The molecule has 0 saturated carbocycles. The third-order valence-electron chi connectivity index (χ3n) is 1.38. The highest BCUT2D eigenvalue weighted by atomic mass is 32.1. The minimum Gasteiger partial charge on any atom is -0.378 e. The zero-order valence-electron chi connectivity index (χ0n) is 6.73. The lowest BCUT2D eigenvalue weighted by atomic mass is 10.6. The number of ether oxygens (including phenoxy) is 1. The Morgan fingerprint density at radius 3 is 3.00 bits per heavy atom. The van der Waals surface area contributed by atoms with Gasteiger partial charge in [0.05, 0.1) is 13.2 Å². The molecule has 0 spiro atoms. The standard InChI is InChI=1S/C7H12N2O2S/c8-1-4-11-5-2-9-3-6-12-7(9)10/h3,6H,1-2,4-5,8H2. The first-order valence-electron chi connectivity index (χ1n) is 3.76. The van der Waals surface area contributed by atoms with E-state index in [0.29, 0.717) is 26.3 Å². The molecule has 0 amide bonds. The molecule has 0 unspecified atom stereocenters. The molecule has 1 aromatic heterocycles. The average Bonchev–Trinajstić information content (AvgIpc) is 2.46. The second-order valence-corrected chi connectivity index (χ2v) is 3.12. The lowest BCUT2D eigenvalue weighted by molar-refractivity contribution is 0.133. The fraction of sp³-hybridized carbons (Fsp3) is 0.571. The van der Waals surface area contributed by atoms with Crippen molar-refractivity contribution in [3.05, 3.63) is 21.2 Å². The summed E-state index contributed by atoms with van der Waals surface area (Å²) >= 11 is 1.20. The molecule has 68 valence electrons. The van der Waals surface area contributed by atoms with Crippen molar-refractivity contribution in [1.82, 2.24) is 4.57 Å². The van der Waals surface area contributed by atoms with Crippen molar-refractivity contribution in [1.29, 1.82) is 0 Å². The Morgan fingerprint density at radius 1 is 1.58 bits per heavy atom. The largest absolute Gasteiger partial charge is 0.378 e. The Kier molecular flexibility index (Phi) is 3.99. The molecule has 1 rings (SSSR count). The normalized spacial score (nSPS) is 10.4. The lowest BCUT2D eigenvalue weighted by Gasteiger charge is -2.01. The molecule has 0 aliphatic heterocycles. The van der Waals surface area contributed by atoms with Gasteiger partial charge in [-0.3, -0.25) is 4.79 Å². The molecular weight excluding hydrogens is 176 g/mol. The van der Waals surface area contributed by atoms with E-state index in [1.165, 1.54) is 11.3 Å². The molecule has 1 heterocycles. The fourth-order valence-electron chi connectivity index (χ4n) is 0.805. The summed E-state index contributed by atoms with van der Waals surface area (Å²) in [5.74, 6) is 0. The van der Waals surface area contributed by atoms with E-state index in [1.54, 1.807) is 16.1 Å².